The summed E-state index contributed by atoms with van der Waals surface area (Å²) in [5.41, 5.74) is 5.74. The van der Waals surface area contributed by atoms with E-state index >= 15 is 0 Å². The zero-order valence-electron chi connectivity index (χ0n) is 11.3. The summed E-state index contributed by atoms with van der Waals surface area (Å²) in [5, 5.41) is 0. The van der Waals surface area contributed by atoms with Gasteiger partial charge in [0.05, 0.1) is 11.2 Å². The van der Waals surface area contributed by atoms with Crippen molar-refractivity contribution in [3.05, 3.63) is 36.2 Å². The van der Waals surface area contributed by atoms with Gasteiger partial charge >= 0.3 is 0 Å². The highest BCUT2D eigenvalue weighted by molar-refractivity contribution is 7.82. The van der Waals surface area contributed by atoms with Crippen LogP contribution in [0.4, 0.5) is 4.39 Å². The van der Waals surface area contributed by atoms with E-state index < -0.39 is 11.0 Å². The van der Waals surface area contributed by atoms with Crippen LogP contribution in [0.15, 0.2) is 41.1 Å². The minimum atomic E-state index is -1.10. The molecular weight excluding hydrogens is 279 g/mol. The highest BCUT2D eigenvalue weighted by Gasteiger charge is 2.19. The van der Waals surface area contributed by atoms with Crippen LogP contribution < -0.4 is 10.5 Å². The van der Waals surface area contributed by atoms with Crippen LogP contribution in [0.2, 0.25) is 0 Å². The smallest absolute Gasteiger partial charge is 0.127 e. The van der Waals surface area contributed by atoms with Crippen molar-refractivity contribution in [3.8, 4) is 5.75 Å². The van der Waals surface area contributed by atoms with Gasteiger partial charge in [0.1, 0.15) is 23.3 Å². The molecule has 0 aliphatic carbocycles. The van der Waals surface area contributed by atoms with Crippen LogP contribution in [-0.2, 0) is 11.0 Å². The number of benzene rings is 1. The molecule has 2 rings (SSSR count). The molecule has 2 N–H and O–H groups in total. The molecule has 1 aliphatic rings. The quantitative estimate of drug-likeness (QED) is 0.874. The van der Waals surface area contributed by atoms with Crippen molar-refractivity contribution >= 4 is 11.0 Å². The highest BCUT2D eigenvalue weighted by Crippen LogP contribution is 2.20. The first-order valence-electron chi connectivity index (χ1n) is 6.62. The first-order chi connectivity index (χ1) is 9.74. The van der Waals surface area contributed by atoms with Gasteiger partial charge in [-0.1, -0.05) is 0 Å². The molecule has 0 aromatic heterocycles. The van der Waals surface area contributed by atoms with Gasteiger partial charge < -0.3 is 10.5 Å². The third kappa shape index (κ3) is 3.88. The van der Waals surface area contributed by atoms with Crippen LogP contribution in [0.5, 0.6) is 5.75 Å². The topological polar surface area (TPSA) is 55.6 Å². The van der Waals surface area contributed by atoms with Gasteiger partial charge in [-0.15, -0.1) is 0 Å². The molecule has 1 heterocycles. The first-order valence-corrected chi connectivity index (χ1v) is 7.73. The average Bonchev–Trinajstić information content (AvgIpc) is 3.02. The minimum absolute atomic E-state index is 0.127. The van der Waals surface area contributed by atoms with E-state index in [9.17, 15) is 8.60 Å². The van der Waals surface area contributed by atoms with Gasteiger partial charge in [0.25, 0.3) is 0 Å². The van der Waals surface area contributed by atoms with Crippen LogP contribution >= 0.6 is 0 Å². The highest BCUT2D eigenvalue weighted by atomic mass is 32.2. The lowest BCUT2D eigenvalue weighted by molar-refractivity contribution is 0.347. The summed E-state index contributed by atoms with van der Waals surface area (Å²) in [6.07, 6.45) is 2.67. The molecule has 1 aliphatic heterocycles. The Kier molecular flexibility index (Phi) is 5.70. The normalized spacial score (nSPS) is 18.2. The summed E-state index contributed by atoms with van der Waals surface area (Å²) in [6, 6.07) is 7.06. The maximum Gasteiger partial charge on any atom is 0.127 e. The number of hydrogen-bond donors (Lipinski definition) is 1. The molecule has 0 amide bonds. The lowest BCUT2D eigenvalue weighted by Gasteiger charge is -2.14. The van der Waals surface area contributed by atoms with Crippen molar-refractivity contribution in [2.75, 3.05) is 26.2 Å². The van der Waals surface area contributed by atoms with E-state index in [1.165, 1.54) is 0 Å². The molecule has 0 saturated carbocycles. The molecule has 4 nitrogen and oxygen atoms in total. The molecule has 110 valence electrons. The Hall–Kier alpha value is -1.24. The van der Waals surface area contributed by atoms with Gasteiger partial charge in [0, 0.05) is 25.2 Å². The number of hydrogen-bond acceptors (Lipinski definition) is 3. The fraction of sp³-hybridized carbons (Fsp3) is 0.429. The minimum Gasteiger partial charge on any atom is -0.489 e. The van der Waals surface area contributed by atoms with Crippen molar-refractivity contribution in [3.63, 3.8) is 0 Å². The van der Waals surface area contributed by atoms with Gasteiger partial charge in [-0.2, -0.15) is 0 Å². The van der Waals surface area contributed by atoms with E-state index in [2.05, 4.69) is 0 Å². The van der Waals surface area contributed by atoms with Crippen LogP contribution in [0, 0.1) is 0 Å². The molecule has 1 unspecified atom stereocenters. The fourth-order valence-electron chi connectivity index (χ4n) is 1.97. The number of nitrogens with two attached hydrogens (primary N) is 1. The largest absolute Gasteiger partial charge is 0.489 e. The molecule has 1 aromatic rings. The van der Waals surface area contributed by atoms with E-state index in [1.807, 2.05) is 4.31 Å². The van der Waals surface area contributed by atoms with Gasteiger partial charge in [0.2, 0.25) is 0 Å². The van der Waals surface area contributed by atoms with Crippen LogP contribution in [0.25, 0.3) is 0 Å². The van der Waals surface area contributed by atoms with Crippen LogP contribution in [-0.4, -0.2) is 34.8 Å². The molecular formula is C14H19FN2O2S. The molecule has 1 fully saturated rings. The Bertz CT molecular complexity index is 484. The van der Waals surface area contributed by atoms with E-state index in [1.54, 1.807) is 24.3 Å². The van der Waals surface area contributed by atoms with Crippen LogP contribution in [0.3, 0.4) is 0 Å². The molecule has 0 spiro atoms. The van der Waals surface area contributed by atoms with Crippen molar-refractivity contribution < 1.29 is 13.3 Å². The van der Waals surface area contributed by atoms with Gasteiger partial charge in [-0.3, -0.25) is 0 Å². The van der Waals surface area contributed by atoms with Crippen LogP contribution in [0.1, 0.15) is 12.8 Å². The average molecular weight is 298 g/mol. The molecule has 6 heteroatoms. The Balaban J connectivity index is 1.94. The second kappa shape index (κ2) is 7.52. The summed E-state index contributed by atoms with van der Waals surface area (Å²) >= 11 is 0. The first kappa shape index (κ1) is 15.2. The number of halogens is 1. The van der Waals surface area contributed by atoms with E-state index in [-0.39, 0.29) is 13.2 Å². The lowest BCUT2D eigenvalue weighted by atomic mass is 10.3. The molecule has 20 heavy (non-hydrogen) atoms. The second-order valence-electron chi connectivity index (χ2n) is 4.62. The maximum absolute atomic E-state index is 12.3. The van der Waals surface area contributed by atoms with Gasteiger partial charge in [0.15, 0.2) is 0 Å². The summed E-state index contributed by atoms with van der Waals surface area (Å²) in [7, 11) is -1.10. The van der Waals surface area contributed by atoms with E-state index in [0.717, 1.165) is 30.8 Å². The van der Waals surface area contributed by atoms with E-state index in [0.29, 0.717) is 17.7 Å². The molecule has 1 aromatic carbocycles. The summed E-state index contributed by atoms with van der Waals surface area (Å²) in [6.45, 7) is 2.02. The van der Waals surface area contributed by atoms with Gasteiger partial charge in [-0.25, -0.2) is 12.9 Å². The van der Waals surface area contributed by atoms with Crippen molar-refractivity contribution in [2.24, 2.45) is 5.73 Å². The summed E-state index contributed by atoms with van der Waals surface area (Å²) in [4.78, 5) is 0.763. The predicted octanol–water partition coefficient (Wildman–Crippen LogP) is 2.00. The van der Waals surface area contributed by atoms with Crippen molar-refractivity contribution in [1.82, 2.24) is 4.31 Å². The predicted molar refractivity (Wildman–Crippen MR) is 77.4 cm³/mol. The Morgan fingerprint density at radius 3 is 2.55 bits per heavy atom. The third-order valence-corrected chi connectivity index (χ3v) is 4.68. The van der Waals surface area contributed by atoms with E-state index in [4.69, 9.17) is 10.5 Å². The fourth-order valence-corrected chi connectivity index (χ4v) is 3.22. The Morgan fingerprint density at radius 1 is 1.35 bits per heavy atom. The standard InChI is InChI=1S/C14H19FN2O2S/c15-9-12(10-16)11-19-13-3-5-14(6-4-13)20(18)17-7-1-2-8-17/h3-6,9H,1-2,7-8,10-11,16H2/b12-9+. The third-order valence-electron chi connectivity index (χ3n) is 3.17. The zero-order valence-corrected chi connectivity index (χ0v) is 12.1. The second-order valence-corrected chi connectivity index (χ2v) is 6.10. The molecule has 0 radical (unpaired) electrons. The van der Waals surface area contributed by atoms with Crippen molar-refractivity contribution in [1.29, 1.82) is 0 Å². The molecule has 1 saturated heterocycles. The number of ether oxygens (including phenoxy) is 1. The Morgan fingerprint density at radius 2 is 2.00 bits per heavy atom. The number of rotatable bonds is 6. The zero-order chi connectivity index (χ0) is 14.4. The monoisotopic (exact) mass is 298 g/mol. The number of nitrogens with zero attached hydrogens (tertiary/aromatic N) is 1. The SMILES string of the molecule is NC/C(=C\F)COc1ccc(S(=O)N2CCCC2)cc1. The molecule has 0 bridgehead atoms. The molecule has 1 atom stereocenters. The maximum atomic E-state index is 12.3. The Labute approximate surface area is 121 Å². The van der Waals surface area contributed by atoms with Crippen molar-refractivity contribution in [2.45, 2.75) is 17.7 Å². The summed E-state index contributed by atoms with van der Waals surface area (Å²) in [5.74, 6) is 0.611. The van der Waals surface area contributed by atoms with Gasteiger partial charge in [-0.05, 0) is 37.1 Å². The summed E-state index contributed by atoms with van der Waals surface area (Å²) < 4.78 is 31.9. The lowest BCUT2D eigenvalue weighted by Crippen LogP contribution is -2.21.